The highest BCUT2D eigenvalue weighted by Gasteiger charge is 2.28. The van der Waals surface area contributed by atoms with Crippen LogP contribution in [0.15, 0.2) is 42.5 Å². The number of amides is 1. The minimum absolute atomic E-state index is 0.0534. The van der Waals surface area contributed by atoms with Crippen molar-refractivity contribution in [3.05, 3.63) is 59.4 Å². The molecule has 1 saturated heterocycles. The van der Waals surface area contributed by atoms with Gasteiger partial charge >= 0.3 is 0 Å². The molecule has 6 heteroatoms. The van der Waals surface area contributed by atoms with Crippen LogP contribution in [0.5, 0.6) is 0 Å². The summed E-state index contributed by atoms with van der Waals surface area (Å²) < 4.78 is 13.2. The first-order valence-corrected chi connectivity index (χ1v) is 7.94. The smallest absolute Gasteiger partial charge is 0.254 e. The average Bonchev–Trinajstić information content (AvgIpc) is 2.62. The highest BCUT2D eigenvalue weighted by molar-refractivity contribution is 5.96. The fraction of sp³-hybridized carbons (Fsp3) is 0.278. The van der Waals surface area contributed by atoms with E-state index < -0.39 is 0 Å². The quantitative estimate of drug-likeness (QED) is 0.756. The molecule has 1 aliphatic rings. The number of nitrogens with two attached hydrogens (primary N) is 1. The van der Waals surface area contributed by atoms with Crippen LogP contribution in [0.25, 0.3) is 0 Å². The molecule has 1 unspecified atom stereocenters. The van der Waals surface area contributed by atoms with Crippen LogP contribution in [0.3, 0.4) is 0 Å². The molecular weight excluding hydrogens is 307 g/mol. The van der Waals surface area contributed by atoms with E-state index in [1.54, 1.807) is 37.4 Å². The van der Waals surface area contributed by atoms with E-state index in [0.717, 1.165) is 17.8 Å². The predicted molar refractivity (Wildman–Crippen MR) is 93.4 cm³/mol. The molecule has 24 heavy (non-hydrogen) atoms. The van der Waals surface area contributed by atoms with Crippen LogP contribution in [-0.4, -0.2) is 37.5 Å². The van der Waals surface area contributed by atoms with Gasteiger partial charge in [-0.2, -0.15) is 0 Å². The Bertz CT molecular complexity index is 732. The normalized spacial score (nSPS) is 17.6. The molecule has 3 rings (SSSR count). The van der Waals surface area contributed by atoms with Gasteiger partial charge in [0.05, 0.1) is 17.4 Å². The Morgan fingerprint density at radius 3 is 2.75 bits per heavy atom. The second-order valence-corrected chi connectivity index (χ2v) is 5.82. The van der Waals surface area contributed by atoms with Crippen LogP contribution in [-0.2, 0) is 0 Å². The summed E-state index contributed by atoms with van der Waals surface area (Å²) in [6, 6.07) is 11.4. The lowest BCUT2D eigenvalue weighted by atomic mass is 10.0. The molecule has 0 bridgehead atoms. The molecule has 2 aromatic carbocycles. The summed E-state index contributed by atoms with van der Waals surface area (Å²) in [4.78, 5) is 14.8. The predicted octanol–water partition coefficient (Wildman–Crippen LogP) is 2.24. The van der Waals surface area contributed by atoms with E-state index in [9.17, 15) is 9.18 Å². The number of nitrogen functional groups attached to an aromatic ring is 1. The van der Waals surface area contributed by atoms with Gasteiger partial charge in [0.25, 0.3) is 5.91 Å². The number of anilines is 2. The Hall–Kier alpha value is -2.60. The van der Waals surface area contributed by atoms with Crippen molar-refractivity contribution < 1.29 is 9.18 Å². The molecule has 1 amide bonds. The average molecular weight is 328 g/mol. The molecule has 0 saturated carbocycles. The van der Waals surface area contributed by atoms with Gasteiger partial charge in [0.2, 0.25) is 0 Å². The molecule has 0 radical (unpaired) electrons. The van der Waals surface area contributed by atoms with Gasteiger partial charge in [-0.05, 0) is 35.9 Å². The number of carbonyl (C=O) groups excluding carboxylic acids is 1. The maximum Gasteiger partial charge on any atom is 0.254 e. The summed E-state index contributed by atoms with van der Waals surface area (Å²) in [6.07, 6.45) is 0. The van der Waals surface area contributed by atoms with Crippen LogP contribution < -0.4 is 16.4 Å². The summed E-state index contributed by atoms with van der Waals surface area (Å²) in [6.45, 7) is 1.97. The van der Waals surface area contributed by atoms with Crippen molar-refractivity contribution in [3.63, 3.8) is 0 Å². The largest absolute Gasteiger partial charge is 0.397 e. The minimum Gasteiger partial charge on any atom is -0.397 e. The highest BCUT2D eigenvalue weighted by Crippen LogP contribution is 2.26. The molecule has 4 N–H and O–H groups in total. The SMILES string of the molecule is CNc1cc(C(=O)N2CCNCC2c2ccc(F)cc2)ccc1N. The number of hydrogen-bond donors (Lipinski definition) is 3. The van der Waals surface area contributed by atoms with Gasteiger partial charge < -0.3 is 21.3 Å². The number of carbonyl (C=O) groups is 1. The number of piperazine rings is 1. The van der Waals surface area contributed by atoms with E-state index in [-0.39, 0.29) is 17.8 Å². The lowest BCUT2D eigenvalue weighted by Crippen LogP contribution is -2.48. The highest BCUT2D eigenvalue weighted by atomic mass is 19.1. The minimum atomic E-state index is -0.280. The van der Waals surface area contributed by atoms with E-state index in [4.69, 9.17) is 5.73 Å². The topological polar surface area (TPSA) is 70.4 Å². The van der Waals surface area contributed by atoms with Crippen molar-refractivity contribution >= 4 is 17.3 Å². The fourth-order valence-corrected chi connectivity index (χ4v) is 3.00. The molecule has 0 aromatic heterocycles. The Morgan fingerprint density at radius 1 is 1.29 bits per heavy atom. The molecule has 1 heterocycles. The van der Waals surface area contributed by atoms with Crippen LogP contribution in [0, 0.1) is 5.82 Å². The first-order chi connectivity index (χ1) is 11.6. The van der Waals surface area contributed by atoms with Crippen molar-refractivity contribution in [2.24, 2.45) is 0 Å². The van der Waals surface area contributed by atoms with Gasteiger partial charge in [-0.3, -0.25) is 4.79 Å². The van der Waals surface area contributed by atoms with E-state index in [1.807, 2.05) is 4.90 Å². The second-order valence-electron chi connectivity index (χ2n) is 5.82. The number of nitrogens with one attached hydrogen (secondary N) is 2. The monoisotopic (exact) mass is 328 g/mol. The number of hydrogen-bond acceptors (Lipinski definition) is 4. The Morgan fingerprint density at radius 2 is 2.04 bits per heavy atom. The Labute approximate surface area is 140 Å². The number of nitrogens with zero attached hydrogens (tertiary/aromatic N) is 1. The van der Waals surface area contributed by atoms with E-state index in [1.165, 1.54) is 12.1 Å². The molecule has 0 spiro atoms. The summed E-state index contributed by atoms with van der Waals surface area (Å²) in [5, 5.41) is 6.29. The maximum absolute atomic E-state index is 13.2. The van der Waals surface area contributed by atoms with Crippen LogP contribution in [0.4, 0.5) is 15.8 Å². The molecule has 126 valence electrons. The van der Waals surface area contributed by atoms with Gasteiger partial charge in [-0.1, -0.05) is 12.1 Å². The van der Waals surface area contributed by atoms with Gasteiger partial charge in [-0.15, -0.1) is 0 Å². The molecule has 0 aliphatic carbocycles. The van der Waals surface area contributed by atoms with Crippen molar-refractivity contribution in [1.29, 1.82) is 0 Å². The second kappa shape index (κ2) is 6.88. The van der Waals surface area contributed by atoms with Gasteiger partial charge in [0.1, 0.15) is 5.82 Å². The zero-order valence-corrected chi connectivity index (χ0v) is 13.6. The Kier molecular flexibility index (Phi) is 4.66. The standard InChI is InChI=1S/C18H21FN4O/c1-21-16-10-13(4-7-15(16)20)18(24)23-9-8-22-11-17(23)12-2-5-14(19)6-3-12/h2-7,10,17,21-22H,8-9,11,20H2,1H3. The molecule has 1 atom stereocenters. The summed E-state index contributed by atoms with van der Waals surface area (Å²) in [5.74, 6) is -0.333. The third-order valence-corrected chi connectivity index (χ3v) is 4.33. The molecular formula is C18H21FN4O. The van der Waals surface area contributed by atoms with Crippen molar-refractivity contribution in [3.8, 4) is 0 Å². The number of halogens is 1. The first kappa shape index (κ1) is 16.3. The van der Waals surface area contributed by atoms with Crippen LogP contribution in [0.1, 0.15) is 22.0 Å². The van der Waals surface area contributed by atoms with Crippen LogP contribution in [0.2, 0.25) is 0 Å². The van der Waals surface area contributed by atoms with E-state index in [0.29, 0.717) is 24.3 Å². The summed E-state index contributed by atoms with van der Waals surface area (Å²) in [5.41, 5.74) is 8.71. The van der Waals surface area contributed by atoms with E-state index in [2.05, 4.69) is 10.6 Å². The third-order valence-electron chi connectivity index (χ3n) is 4.33. The molecule has 1 fully saturated rings. The lowest BCUT2D eigenvalue weighted by Gasteiger charge is -2.36. The van der Waals surface area contributed by atoms with Gasteiger partial charge in [0.15, 0.2) is 0 Å². The number of rotatable bonds is 3. The van der Waals surface area contributed by atoms with Crippen LogP contribution >= 0.6 is 0 Å². The Balaban J connectivity index is 1.90. The lowest BCUT2D eigenvalue weighted by molar-refractivity contribution is 0.0634. The zero-order chi connectivity index (χ0) is 17.1. The van der Waals surface area contributed by atoms with E-state index >= 15 is 0 Å². The zero-order valence-electron chi connectivity index (χ0n) is 13.6. The maximum atomic E-state index is 13.2. The van der Waals surface area contributed by atoms with Gasteiger partial charge in [0, 0.05) is 32.2 Å². The summed E-state index contributed by atoms with van der Waals surface area (Å²) >= 11 is 0. The molecule has 1 aliphatic heterocycles. The molecule has 5 nitrogen and oxygen atoms in total. The van der Waals surface area contributed by atoms with Crippen molar-refractivity contribution in [1.82, 2.24) is 10.2 Å². The van der Waals surface area contributed by atoms with Crippen molar-refractivity contribution in [2.75, 3.05) is 37.7 Å². The summed E-state index contributed by atoms with van der Waals surface area (Å²) in [7, 11) is 1.77. The molecule has 2 aromatic rings. The first-order valence-electron chi connectivity index (χ1n) is 7.94. The number of benzene rings is 2. The van der Waals surface area contributed by atoms with Gasteiger partial charge in [-0.25, -0.2) is 4.39 Å². The fourth-order valence-electron chi connectivity index (χ4n) is 3.00. The van der Waals surface area contributed by atoms with Crippen molar-refractivity contribution in [2.45, 2.75) is 6.04 Å². The third kappa shape index (κ3) is 3.19.